The van der Waals surface area contributed by atoms with Crippen LogP contribution in [0.25, 0.3) is 0 Å². The molecule has 0 aromatic heterocycles. The number of nitrogens with zero attached hydrogens (tertiary/aromatic N) is 2. The molecule has 6 heteroatoms. The van der Waals surface area contributed by atoms with Crippen molar-refractivity contribution in [3.05, 3.63) is 52.5 Å². The van der Waals surface area contributed by atoms with Gasteiger partial charge in [-0.2, -0.15) is 0 Å². The van der Waals surface area contributed by atoms with Crippen molar-refractivity contribution in [3.63, 3.8) is 0 Å². The number of anilines is 1. The molecule has 0 aliphatic carbocycles. The third-order valence-electron chi connectivity index (χ3n) is 4.34. The van der Waals surface area contributed by atoms with Crippen molar-refractivity contribution in [1.82, 2.24) is 4.90 Å². The number of hydrogen-bond donors (Lipinski definition) is 0. The number of benzene rings is 2. The molecule has 3 rings (SSSR count). The molecule has 1 saturated heterocycles. The second-order valence-corrected chi connectivity index (χ2v) is 6.78. The molecule has 25 heavy (non-hydrogen) atoms. The molecule has 1 fully saturated rings. The molecule has 2 aromatic carbocycles. The first-order chi connectivity index (χ1) is 12.1. The number of piperazine rings is 1. The first-order valence-electron chi connectivity index (χ1n) is 8.13. The van der Waals surface area contributed by atoms with Crippen LogP contribution in [-0.4, -0.2) is 51.2 Å². The van der Waals surface area contributed by atoms with Crippen LogP contribution in [0.15, 0.2) is 46.9 Å². The summed E-state index contributed by atoms with van der Waals surface area (Å²) in [6.45, 7) is 2.99. The molecule has 0 saturated carbocycles. The summed E-state index contributed by atoms with van der Waals surface area (Å²) in [5, 5.41) is 0. The number of carbonyl (C=O) groups is 1. The molecule has 1 heterocycles. The van der Waals surface area contributed by atoms with Crippen LogP contribution in [0.3, 0.4) is 0 Å². The summed E-state index contributed by atoms with van der Waals surface area (Å²) in [7, 11) is 3.17. The topological polar surface area (TPSA) is 42.0 Å². The summed E-state index contributed by atoms with van der Waals surface area (Å²) >= 11 is 3.51. The van der Waals surface area contributed by atoms with Crippen LogP contribution in [0.1, 0.15) is 10.4 Å². The molecular weight excluding hydrogens is 384 g/mol. The van der Waals surface area contributed by atoms with Crippen molar-refractivity contribution in [1.29, 1.82) is 0 Å². The quantitative estimate of drug-likeness (QED) is 0.782. The van der Waals surface area contributed by atoms with E-state index in [1.807, 2.05) is 17.0 Å². The highest BCUT2D eigenvalue weighted by Gasteiger charge is 2.23. The van der Waals surface area contributed by atoms with Crippen LogP contribution in [0.5, 0.6) is 11.5 Å². The molecule has 0 radical (unpaired) electrons. The summed E-state index contributed by atoms with van der Waals surface area (Å²) in [6, 6.07) is 13.5. The van der Waals surface area contributed by atoms with Gasteiger partial charge >= 0.3 is 0 Å². The maximum absolute atomic E-state index is 12.8. The van der Waals surface area contributed by atoms with Crippen molar-refractivity contribution >= 4 is 27.5 Å². The lowest BCUT2D eigenvalue weighted by atomic mass is 10.1. The minimum atomic E-state index is 0.00564. The molecule has 1 amide bonds. The molecule has 132 valence electrons. The van der Waals surface area contributed by atoms with Crippen molar-refractivity contribution in [2.24, 2.45) is 0 Å². The van der Waals surface area contributed by atoms with E-state index in [0.717, 1.165) is 17.6 Å². The second-order valence-electron chi connectivity index (χ2n) is 5.86. The first-order valence-corrected chi connectivity index (χ1v) is 8.93. The Hall–Kier alpha value is -2.21. The summed E-state index contributed by atoms with van der Waals surface area (Å²) < 4.78 is 11.6. The highest BCUT2D eigenvalue weighted by atomic mass is 79.9. The number of rotatable bonds is 4. The number of carbonyl (C=O) groups excluding carboxylic acids is 1. The van der Waals surface area contributed by atoms with Crippen molar-refractivity contribution in [3.8, 4) is 11.5 Å². The van der Waals surface area contributed by atoms with Gasteiger partial charge in [-0.3, -0.25) is 4.79 Å². The van der Waals surface area contributed by atoms with Crippen LogP contribution in [0, 0.1) is 0 Å². The summed E-state index contributed by atoms with van der Waals surface area (Å²) in [5.41, 5.74) is 1.76. The van der Waals surface area contributed by atoms with Gasteiger partial charge in [0.05, 0.1) is 14.2 Å². The van der Waals surface area contributed by atoms with Gasteiger partial charge in [-0.05, 0) is 30.3 Å². The molecule has 2 aromatic rings. The summed E-state index contributed by atoms with van der Waals surface area (Å²) in [5.74, 6) is 1.25. The average Bonchev–Trinajstić information content (AvgIpc) is 2.67. The predicted molar refractivity (Wildman–Crippen MR) is 102 cm³/mol. The minimum Gasteiger partial charge on any atom is -0.497 e. The first kappa shape index (κ1) is 17.6. The molecular formula is C19H21BrN2O3. The average molecular weight is 405 g/mol. The van der Waals surface area contributed by atoms with Crippen LogP contribution in [0.2, 0.25) is 0 Å². The van der Waals surface area contributed by atoms with Gasteiger partial charge in [0.1, 0.15) is 11.5 Å². The van der Waals surface area contributed by atoms with Crippen molar-refractivity contribution in [2.75, 3.05) is 45.3 Å². The van der Waals surface area contributed by atoms with Gasteiger partial charge in [0, 0.05) is 48.0 Å². The Kier molecular flexibility index (Phi) is 5.48. The van der Waals surface area contributed by atoms with Crippen LogP contribution < -0.4 is 14.4 Å². The van der Waals surface area contributed by atoms with E-state index in [4.69, 9.17) is 9.47 Å². The summed E-state index contributed by atoms with van der Waals surface area (Å²) in [4.78, 5) is 17.0. The third-order valence-corrected chi connectivity index (χ3v) is 4.83. The zero-order valence-electron chi connectivity index (χ0n) is 14.4. The monoisotopic (exact) mass is 404 g/mol. The van der Waals surface area contributed by atoms with Gasteiger partial charge in [0.25, 0.3) is 5.91 Å². The number of ether oxygens (including phenoxy) is 2. The Bertz CT molecular complexity index is 736. The molecule has 0 atom stereocenters. The number of methoxy groups -OCH3 is 2. The van der Waals surface area contributed by atoms with Crippen LogP contribution >= 0.6 is 15.9 Å². The molecule has 0 N–H and O–H groups in total. The molecule has 5 nitrogen and oxygen atoms in total. The van der Waals surface area contributed by atoms with E-state index in [9.17, 15) is 4.79 Å². The third kappa shape index (κ3) is 4.07. The van der Waals surface area contributed by atoms with Gasteiger partial charge in [-0.25, -0.2) is 0 Å². The number of halogens is 1. The normalized spacial score (nSPS) is 14.4. The van der Waals surface area contributed by atoms with Gasteiger partial charge in [-0.1, -0.05) is 22.0 Å². The fraction of sp³-hybridized carbons (Fsp3) is 0.316. The molecule has 0 spiro atoms. The van der Waals surface area contributed by atoms with Crippen LogP contribution in [-0.2, 0) is 0 Å². The maximum atomic E-state index is 12.8. The van der Waals surface area contributed by atoms with Crippen molar-refractivity contribution < 1.29 is 14.3 Å². The van der Waals surface area contributed by atoms with Crippen LogP contribution in [0.4, 0.5) is 5.69 Å². The fourth-order valence-electron chi connectivity index (χ4n) is 2.95. The molecule has 0 bridgehead atoms. The zero-order valence-corrected chi connectivity index (χ0v) is 16.0. The molecule has 0 unspecified atom stereocenters. The Morgan fingerprint density at radius 3 is 2.16 bits per heavy atom. The fourth-order valence-corrected chi connectivity index (χ4v) is 3.34. The minimum absolute atomic E-state index is 0.00564. The predicted octanol–water partition coefficient (Wildman–Crippen LogP) is 3.43. The van der Waals surface area contributed by atoms with Gasteiger partial charge in [0.2, 0.25) is 0 Å². The Morgan fingerprint density at radius 1 is 0.960 bits per heavy atom. The van der Waals surface area contributed by atoms with E-state index in [1.54, 1.807) is 32.4 Å². The Morgan fingerprint density at radius 2 is 1.60 bits per heavy atom. The molecule has 1 aliphatic heterocycles. The highest BCUT2D eigenvalue weighted by molar-refractivity contribution is 9.10. The van der Waals surface area contributed by atoms with E-state index in [-0.39, 0.29) is 5.91 Å². The largest absolute Gasteiger partial charge is 0.497 e. The van der Waals surface area contributed by atoms with E-state index in [2.05, 4.69) is 33.0 Å². The lowest BCUT2D eigenvalue weighted by Crippen LogP contribution is -2.48. The Balaban J connectivity index is 1.69. The van der Waals surface area contributed by atoms with Gasteiger partial charge in [0.15, 0.2) is 0 Å². The van der Waals surface area contributed by atoms with Crippen molar-refractivity contribution in [2.45, 2.75) is 0 Å². The number of hydrogen-bond acceptors (Lipinski definition) is 4. The lowest BCUT2D eigenvalue weighted by Gasteiger charge is -2.36. The Labute approximate surface area is 156 Å². The van der Waals surface area contributed by atoms with E-state index in [1.165, 1.54) is 5.69 Å². The number of amides is 1. The summed E-state index contributed by atoms with van der Waals surface area (Å²) in [6.07, 6.45) is 0. The van der Waals surface area contributed by atoms with Gasteiger partial charge < -0.3 is 19.3 Å². The highest BCUT2D eigenvalue weighted by Crippen LogP contribution is 2.25. The van der Waals surface area contributed by atoms with E-state index < -0.39 is 0 Å². The van der Waals surface area contributed by atoms with E-state index in [0.29, 0.717) is 30.2 Å². The van der Waals surface area contributed by atoms with Gasteiger partial charge in [-0.15, -0.1) is 0 Å². The second kappa shape index (κ2) is 7.78. The smallest absolute Gasteiger partial charge is 0.254 e. The molecule has 1 aliphatic rings. The standard InChI is InChI=1S/C19H21BrN2O3/c1-24-17-10-14(11-18(13-17)25-2)19(23)22-8-6-21(7-9-22)16-5-3-4-15(20)12-16/h3-5,10-13H,6-9H2,1-2H3. The van der Waals surface area contributed by atoms with E-state index >= 15 is 0 Å². The maximum Gasteiger partial charge on any atom is 0.254 e. The lowest BCUT2D eigenvalue weighted by molar-refractivity contribution is 0.0746. The zero-order chi connectivity index (χ0) is 17.8. The SMILES string of the molecule is COc1cc(OC)cc(C(=O)N2CCN(c3cccc(Br)c3)CC2)c1.